The molecule has 0 unspecified atom stereocenters. The highest BCUT2D eigenvalue weighted by atomic mass is 32.1. The van der Waals surface area contributed by atoms with Crippen molar-refractivity contribution in [2.45, 2.75) is 13.8 Å². The van der Waals surface area contributed by atoms with Crippen molar-refractivity contribution < 1.29 is 4.74 Å². The first-order valence-electron chi connectivity index (χ1n) is 4.16. The van der Waals surface area contributed by atoms with Gasteiger partial charge in [-0.3, -0.25) is 0 Å². The predicted octanol–water partition coefficient (Wildman–Crippen LogP) is 2.34. The van der Waals surface area contributed by atoms with E-state index in [9.17, 15) is 0 Å². The minimum absolute atomic E-state index is 0.466. The Morgan fingerprint density at radius 2 is 2.07 bits per heavy atom. The van der Waals surface area contributed by atoms with Crippen LogP contribution >= 0.6 is 11.5 Å². The summed E-state index contributed by atoms with van der Waals surface area (Å²) < 4.78 is 9.05. The molecule has 0 spiro atoms. The van der Waals surface area contributed by atoms with Gasteiger partial charge in [-0.1, -0.05) is 15.7 Å². The SMILES string of the molecule is Cc1ccc(Oc2nnns2)cc1C. The Hall–Kier alpha value is -1.49. The van der Waals surface area contributed by atoms with E-state index < -0.39 is 0 Å². The Bertz CT molecular complexity index is 428. The number of ether oxygens (including phenoxy) is 1. The van der Waals surface area contributed by atoms with Crippen molar-refractivity contribution in [3.63, 3.8) is 0 Å². The number of aryl methyl sites for hydroxylation is 2. The van der Waals surface area contributed by atoms with Crippen LogP contribution < -0.4 is 4.74 Å². The van der Waals surface area contributed by atoms with Gasteiger partial charge in [0.05, 0.1) is 0 Å². The molecule has 0 aliphatic carbocycles. The fourth-order valence-electron chi connectivity index (χ4n) is 1.04. The van der Waals surface area contributed by atoms with Gasteiger partial charge in [-0.05, 0) is 42.3 Å². The number of hydrogen-bond acceptors (Lipinski definition) is 5. The Balaban J connectivity index is 2.22. The number of aromatic nitrogens is 3. The molecule has 14 heavy (non-hydrogen) atoms. The molecule has 4 nitrogen and oxygen atoms in total. The second kappa shape index (κ2) is 3.71. The van der Waals surface area contributed by atoms with Crippen LogP contribution in [0.3, 0.4) is 0 Å². The summed E-state index contributed by atoms with van der Waals surface area (Å²) >= 11 is 1.13. The minimum Gasteiger partial charge on any atom is -0.429 e. The molecule has 0 bridgehead atoms. The molecule has 0 saturated heterocycles. The molecule has 0 amide bonds. The Morgan fingerprint density at radius 1 is 1.21 bits per heavy atom. The van der Waals surface area contributed by atoms with Crippen LogP contribution in [0.4, 0.5) is 0 Å². The lowest BCUT2D eigenvalue weighted by Gasteiger charge is -2.03. The van der Waals surface area contributed by atoms with Crippen molar-refractivity contribution >= 4 is 11.5 Å². The van der Waals surface area contributed by atoms with Crippen LogP contribution in [0.5, 0.6) is 10.9 Å². The van der Waals surface area contributed by atoms with E-state index in [-0.39, 0.29) is 0 Å². The summed E-state index contributed by atoms with van der Waals surface area (Å²) in [6, 6.07) is 5.89. The molecule has 0 atom stereocenters. The molecule has 0 N–H and O–H groups in total. The molecule has 72 valence electrons. The van der Waals surface area contributed by atoms with Gasteiger partial charge in [0.25, 0.3) is 0 Å². The number of nitrogens with zero attached hydrogens (tertiary/aromatic N) is 3. The van der Waals surface area contributed by atoms with Crippen LogP contribution in [-0.2, 0) is 0 Å². The van der Waals surface area contributed by atoms with Gasteiger partial charge in [0.2, 0.25) is 0 Å². The zero-order chi connectivity index (χ0) is 9.97. The zero-order valence-corrected chi connectivity index (χ0v) is 8.71. The van der Waals surface area contributed by atoms with E-state index in [1.807, 2.05) is 25.1 Å². The zero-order valence-electron chi connectivity index (χ0n) is 7.89. The lowest BCUT2D eigenvalue weighted by atomic mass is 10.1. The van der Waals surface area contributed by atoms with Gasteiger partial charge in [0.1, 0.15) is 5.75 Å². The maximum atomic E-state index is 5.44. The lowest BCUT2D eigenvalue weighted by Crippen LogP contribution is -1.86. The van der Waals surface area contributed by atoms with Crippen LogP contribution in [0.2, 0.25) is 0 Å². The molecule has 1 heterocycles. The average molecular weight is 207 g/mol. The summed E-state index contributed by atoms with van der Waals surface area (Å²) in [7, 11) is 0. The van der Waals surface area contributed by atoms with Crippen LogP contribution in [-0.4, -0.2) is 14.8 Å². The summed E-state index contributed by atoms with van der Waals surface area (Å²) in [6.07, 6.45) is 0. The number of benzene rings is 1. The third-order valence-electron chi connectivity index (χ3n) is 1.97. The maximum Gasteiger partial charge on any atom is 0.319 e. The quantitative estimate of drug-likeness (QED) is 0.758. The first kappa shape index (κ1) is 9.08. The predicted molar refractivity (Wildman–Crippen MR) is 53.7 cm³/mol. The van der Waals surface area contributed by atoms with Crippen molar-refractivity contribution in [2.75, 3.05) is 0 Å². The second-order valence-electron chi connectivity index (χ2n) is 2.98. The molecule has 5 heteroatoms. The first-order chi connectivity index (χ1) is 6.75. The molecule has 2 rings (SSSR count). The van der Waals surface area contributed by atoms with Crippen molar-refractivity contribution in [1.29, 1.82) is 0 Å². The van der Waals surface area contributed by atoms with Crippen LogP contribution in [0, 0.1) is 13.8 Å². The molecule has 0 radical (unpaired) electrons. The molecule has 0 fully saturated rings. The molecule has 0 saturated carbocycles. The standard InChI is InChI=1S/C9H9N3OS/c1-6-3-4-8(5-7(6)2)13-9-10-11-12-14-9/h3-5H,1-2H3. The fraction of sp³-hybridized carbons (Fsp3) is 0.222. The molecular formula is C9H9N3OS. The molecule has 0 aliphatic heterocycles. The minimum atomic E-state index is 0.466. The molecular weight excluding hydrogens is 198 g/mol. The Morgan fingerprint density at radius 3 is 2.71 bits per heavy atom. The van der Waals surface area contributed by atoms with Crippen molar-refractivity contribution in [3.05, 3.63) is 29.3 Å². The summed E-state index contributed by atoms with van der Waals surface area (Å²) in [6.45, 7) is 4.10. The van der Waals surface area contributed by atoms with Gasteiger partial charge in [-0.25, -0.2) is 0 Å². The Kier molecular flexibility index (Phi) is 2.41. The van der Waals surface area contributed by atoms with Crippen molar-refractivity contribution in [3.8, 4) is 10.9 Å². The molecule has 0 aliphatic rings. The normalized spacial score (nSPS) is 10.1. The Labute approximate surface area is 85.7 Å². The smallest absolute Gasteiger partial charge is 0.319 e. The van der Waals surface area contributed by atoms with E-state index >= 15 is 0 Å². The van der Waals surface area contributed by atoms with Crippen LogP contribution in [0.25, 0.3) is 0 Å². The van der Waals surface area contributed by atoms with Gasteiger partial charge in [-0.15, -0.1) is 0 Å². The topological polar surface area (TPSA) is 47.9 Å². The summed E-state index contributed by atoms with van der Waals surface area (Å²) in [4.78, 5) is 0. The van der Waals surface area contributed by atoms with Gasteiger partial charge < -0.3 is 4.74 Å². The van der Waals surface area contributed by atoms with Crippen LogP contribution in [0.15, 0.2) is 18.2 Å². The van der Waals surface area contributed by atoms with Gasteiger partial charge >= 0.3 is 5.19 Å². The third kappa shape index (κ3) is 1.88. The average Bonchev–Trinajstić information content (AvgIpc) is 2.64. The van der Waals surface area contributed by atoms with E-state index in [1.54, 1.807) is 0 Å². The highest BCUT2D eigenvalue weighted by Gasteiger charge is 2.02. The van der Waals surface area contributed by atoms with Crippen LogP contribution in [0.1, 0.15) is 11.1 Å². The summed E-state index contributed by atoms with van der Waals surface area (Å²) in [5, 5.41) is 7.62. The highest BCUT2D eigenvalue weighted by Crippen LogP contribution is 2.23. The van der Waals surface area contributed by atoms with E-state index in [0.717, 1.165) is 17.3 Å². The van der Waals surface area contributed by atoms with Crippen molar-refractivity contribution in [2.24, 2.45) is 0 Å². The summed E-state index contributed by atoms with van der Waals surface area (Å²) in [5.74, 6) is 0.770. The highest BCUT2D eigenvalue weighted by molar-refractivity contribution is 7.07. The second-order valence-corrected chi connectivity index (χ2v) is 3.67. The largest absolute Gasteiger partial charge is 0.429 e. The van der Waals surface area contributed by atoms with E-state index in [0.29, 0.717) is 5.19 Å². The monoisotopic (exact) mass is 207 g/mol. The molecule has 2 aromatic rings. The van der Waals surface area contributed by atoms with E-state index in [1.165, 1.54) is 11.1 Å². The number of rotatable bonds is 2. The van der Waals surface area contributed by atoms with E-state index in [4.69, 9.17) is 4.74 Å². The van der Waals surface area contributed by atoms with Gasteiger partial charge in [0.15, 0.2) is 0 Å². The number of hydrogen-bond donors (Lipinski definition) is 0. The summed E-state index contributed by atoms with van der Waals surface area (Å²) in [5.41, 5.74) is 2.44. The third-order valence-corrected chi connectivity index (χ3v) is 2.44. The van der Waals surface area contributed by atoms with Gasteiger partial charge in [0, 0.05) is 11.5 Å². The lowest BCUT2D eigenvalue weighted by molar-refractivity contribution is 0.472. The maximum absolute atomic E-state index is 5.44. The van der Waals surface area contributed by atoms with Crippen molar-refractivity contribution in [1.82, 2.24) is 14.8 Å². The first-order valence-corrected chi connectivity index (χ1v) is 4.93. The van der Waals surface area contributed by atoms with E-state index in [2.05, 4.69) is 21.7 Å². The molecule has 1 aromatic carbocycles. The van der Waals surface area contributed by atoms with Gasteiger partial charge in [-0.2, -0.15) is 0 Å². The molecule has 1 aromatic heterocycles. The fourth-order valence-corrected chi connectivity index (χ4v) is 1.39.